The Labute approximate surface area is 114 Å². The second-order valence-corrected chi connectivity index (χ2v) is 4.62. The van der Waals surface area contributed by atoms with Crippen molar-refractivity contribution in [2.24, 2.45) is 0 Å². The SMILES string of the molecule is CCOc1ccc2c(c1OCC)Cc1ccccc1-2. The maximum Gasteiger partial charge on any atom is 0.165 e. The van der Waals surface area contributed by atoms with Crippen molar-refractivity contribution in [3.8, 4) is 22.6 Å². The molecule has 98 valence electrons. The van der Waals surface area contributed by atoms with Crippen LogP contribution in [0.2, 0.25) is 0 Å². The molecule has 1 aliphatic rings. The molecular formula is C17H18O2. The van der Waals surface area contributed by atoms with Crippen LogP contribution < -0.4 is 9.47 Å². The molecule has 1 aliphatic carbocycles. The van der Waals surface area contributed by atoms with Crippen LogP contribution in [-0.4, -0.2) is 13.2 Å². The van der Waals surface area contributed by atoms with Gasteiger partial charge in [-0.2, -0.15) is 0 Å². The zero-order valence-corrected chi connectivity index (χ0v) is 11.4. The average Bonchev–Trinajstić information content (AvgIpc) is 2.81. The second kappa shape index (κ2) is 4.96. The van der Waals surface area contributed by atoms with E-state index in [2.05, 4.69) is 30.3 Å². The van der Waals surface area contributed by atoms with Crippen LogP contribution in [0.4, 0.5) is 0 Å². The van der Waals surface area contributed by atoms with E-state index in [1.54, 1.807) is 0 Å². The zero-order valence-electron chi connectivity index (χ0n) is 11.4. The van der Waals surface area contributed by atoms with E-state index in [4.69, 9.17) is 9.47 Å². The summed E-state index contributed by atoms with van der Waals surface area (Å²) in [6.07, 6.45) is 0.932. The lowest BCUT2D eigenvalue weighted by molar-refractivity contribution is 0.286. The minimum Gasteiger partial charge on any atom is -0.490 e. The van der Waals surface area contributed by atoms with E-state index in [1.807, 2.05) is 19.9 Å². The Hall–Kier alpha value is -1.96. The molecule has 0 saturated carbocycles. The molecule has 19 heavy (non-hydrogen) atoms. The van der Waals surface area contributed by atoms with E-state index in [0.29, 0.717) is 13.2 Å². The Kier molecular flexibility index (Phi) is 3.16. The van der Waals surface area contributed by atoms with Gasteiger partial charge in [0.05, 0.1) is 13.2 Å². The van der Waals surface area contributed by atoms with Crippen molar-refractivity contribution in [3.63, 3.8) is 0 Å². The van der Waals surface area contributed by atoms with Crippen molar-refractivity contribution in [1.29, 1.82) is 0 Å². The normalized spacial score (nSPS) is 11.9. The fraction of sp³-hybridized carbons (Fsp3) is 0.294. The molecule has 2 aromatic carbocycles. The summed E-state index contributed by atoms with van der Waals surface area (Å²) in [6.45, 7) is 5.33. The number of hydrogen-bond acceptors (Lipinski definition) is 2. The van der Waals surface area contributed by atoms with Crippen LogP contribution in [0.25, 0.3) is 11.1 Å². The molecule has 2 nitrogen and oxygen atoms in total. The Morgan fingerprint density at radius 3 is 2.47 bits per heavy atom. The predicted molar refractivity (Wildman–Crippen MR) is 77.0 cm³/mol. The largest absolute Gasteiger partial charge is 0.490 e. The van der Waals surface area contributed by atoms with Gasteiger partial charge in [0.15, 0.2) is 11.5 Å². The molecule has 2 heteroatoms. The summed E-state index contributed by atoms with van der Waals surface area (Å²) >= 11 is 0. The highest BCUT2D eigenvalue weighted by Gasteiger charge is 2.24. The van der Waals surface area contributed by atoms with Gasteiger partial charge in [-0.3, -0.25) is 0 Å². The summed E-state index contributed by atoms with van der Waals surface area (Å²) in [5.41, 5.74) is 5.23. The molecule has 0 unspecified atom stereocenters. The summed E-state index contributed by atoms with van der Waals surface area (Å²) < 4.78 is 11.5. The van der Waals surface area contributed by atoms with Gasteiger partial charge in [0.2, 0.25) is 0 Å². The third-order valence-electron chi connectivity index (χ3n) is 3.49. The highest BCUT2D eigenvalue weighted by Crippen LogP contribution is 2.45. The van der Waals surface area contributed by atoms with E-state index in [0.717, 1.165) is 17.9 Å². The molecule has 0 aromatic heterocycles. The molecule has 2 aromatic rings. The lowest BCUT2D eigenvalue weighted by Crippen LogP contribution is -2.01. The standard InChI is InChI=1S/C17H18O2/c1-3-18-16-10-9-14-13-8-6-5-7-12(13)11-15(14)17(16)19-4-2/h5-10H,3-4,11H2,1-2H3. The summed E-state index contributed by atoms with van der Waals surface area (Å²) in [5.74, 6) is 1.77. The van der Waals surface area contributed by atoms with E-state index < -0.39 is 0 Å². The molecule has 0 spiro atoms. The Balaban J connectivity index is 2.13. The van der Waals surface area contributed by atoms with Crippen LogP contribution in [0.3, 0.4) is 0 Å². The van der Waals surface area contributed by atoms with Gasteiger partial charge >= 0.3 is 0 Å². The van der Waals surface area contributed by atoms with E-state index in [1.165, 1.54) is 22.3 Å². The molecule has 0 amide bonds. The van der Waals surface area contributed by atoms with Gasteiger partial charge in [0.25, 0.3) is 0 Å². The first kappa shape index (κ1) is 12.1. The number of hydrogen-bond donors (Lipinski definition) is 0. The maximum atomic E-state index is 5.84. The van der Waals surface area contributed by atoms with Crippen LogP contribution in [0.5, 0.6) is 11.5 Å². The van der Waals surface area contributed by atoms with Gasteiger partial charge in [-0.25, -0.2) is 0 Å². The topological polar surface area (TPSA) is 18.5 Å². The third kappa shape index (κ3) is 1.97. The molecule has 0 radical (unpaired) electrons. The highest BCUT2D eigenvalue weighted by atomic mass is 16.5. The quantitative estimate of drug-likeness (QED) is 0.699. The van der Waals surface area contributed by atoms with Gasteiger partial charge in [-0.15, -0.1) is 0 Å². The minimum absolute atomic E-state index is 0.659. The first-order valence-corrected chi connectivity index (χ1v) is 6.84. The van der Waals surface area contributed by atoms with Crippen LogP contribution in [0.1, 0.15) is 25.0 Å². The smallest absolute Gasteiger partial charge is 0.165 e. The summed E-state index contributed by atoms with van der Waals surface area (Å²) in [5, 5.41) is 0. The number of benzene rings is 2. The number of rotatable bonds is 4. The van der Waals surface area contributed by atoms with Gasteiger partial charge in [-0.1, -0.05) is 30.3 Å². The fourth-order valence-electron chi connectivity index (χ4n) is 2.73. The summed E-state index contributed by atoms with van der Waals surface area (Å²) in [6, 6.07) is 12.7. The van der Waals surface area contributed by atoms with E-state index >= 15 is 0 Å². The fourth-order valence-corrected chi connectivity index (χ4v) is 2.73. The lowest BCUT2D eigenvalue weighted by atomic mass is 10.1. The van der Waals surface area contributed by atoms with Crippen molar-refractivity contribution in [1.82, 2.24) is 0 Å². The van der Waals surface area contributed by atoms with E-state index in [-0.39, 0.29) is 0 Å². The van der Waals surface area contributed by atoms with E-state index in [9.17, 15) is 0 Å². The zero-order chi connectivity index (χ0) is 13.2. The Morgan fingerprint density at radius 1 is 0.895 bits per heavy atom. The highest BCUT2D eigenvalue weighted by molar-refractivity contribution is 5.80. The van der Waals surface area contributed by atoms with Crippen molar-refractivity contribution < 1.29 is 9.47 Å². The second-order valence-electron chi connectivity index (χ2n) is 4.62. The van der Waals surface area contributed by atoms with Crippen molar-refractivity contribution >= 4 is 0 Å². The van der Waals surface area contributed by atoms with Crippen LogP contribution in [-0.2, 0) is 6.42 Å². The average molecular weight is 254 g/mol. The van der Waals surface area contributed by atoms with Gasteiger partial charge in [0.1, 0.15) is 0 Å². The number of ether oxygens (including phenoxy) is 2. The van der Waals surface area contributed by atoms with Crippen LogP contribution in [0, 0.1) is 0 Å². The summed E-state index contributed by atoms with van der Waals surface area (Å²) in [4.78, 5) is 0. The Bertz CT molecular complexity index is 602. The summed E-state index contributed by atoms with van der Waals surface area (Å²) in [7, 11) is 0. The molecule has 3 rings (SSSR count). The lowest BCUT2D eigenvalue weighted by Gasteiger charge is -2.14. The molecule has 0 atom stereocenters. The predicted octanol–water partition coefficient (Wildman–Crippen LogP) is 4.06. The first-order valence-electron chi connectivity index (χ1n) is 6.84. The minimum atomic E-state index is 0.659. The van der Waals surface area contributed by atoms with Gasteiger partial charge in [-0.05, 0) is 36.6 Å². The monoisotopic (exact) mass is 254 g/mol. The molecule has 0 bridgehead atoms. The molecule has 0 saturated heterocycles. The molecular weight excluding hydrogens is 236 g/mol. The van der Waals surface area contributed by atoms with Gasteiger partial charge in [0, 0.05) is 12.0 Å². The number of fused-ring (bicyclic) bond motifs is 3. The molecule has 0 heterocycles. The van der Waals surface area contributed by atoms with Crippen LogP contribution >= 0.6 is 0 Å². The molecule has 0 aliphatic heterocycles. The van der Waals surface area contributed by atoms with Crippen molar-refractivity contribution in [2.75, 3.05) is 13.2 Å². The maximum absolute atomic E-state index is 5.84. The van der Waals surface area contributed by atoms with Crippen molar-refractivity contribution in [2.45, 2.75) is 20.3 Å². The molecule has 0 N–H and O–H groups in total. The first-order chi connectivity index (χ1) is 9.35. The molecule has 0 fully saturated rings. The van der Waals surface area contributed by atoms with Gasteiger partial charge < -0.3 is 9.47 Å². The Morgan fingerprint density at radius 2 is 1.68 bits per heavy atom. The third-order valence-corrected chi connectivity index (χ3v) is 3.49. The van der Waals surface area contributed by atoms with Crippen molar-refractivity contribution in [3.05, 3.63) is 47.5 Å². The van der Waals surface area contributed by atoms with Crippen LogP contribution in [0.15, 0.2) is 36.4 Å².